The number of nitrogens with one attached hydrogen (secondary N) is 1. The van der Waals surface area contributed by atoms with Crippen molar-refractivity contribution in [2.75, 3.05) is 0 Å². The standard InChI is InChI=1S/C14H13F3N4O/c15-14(16,17)11-8-13(22)20-12(19-11)5-4-10-6-7-18-21(10)9-2-1-3-9/h4-9H,1-3H2,(H,19,20,22)/b5-4+. The number of aromatic amines is 1. The number of alkyl halides is 3. The highest BCUT2D eigenvalue weighted by Crippen LogP contribution is 2.32. The number of hydrogen-bond acceptors (Lipinski definition) is 3. The first kappa shape index (κ1) is 14.6. The highest BCUT2D eigenvalue weighted by atomic mass is 19.4. The van der Waals surface area contributed by atoms with Crippen molar-refractivity contribution in [2.45, 2.75) is 31.5 Å². The lowest BCUT2D eigenvalue weighted by Gasteiger charge is -2.26. The molecule has 116 valence electrons. The zero-order valence-corrected chi connectivity index (χ0v) is 11.5. The van der Waals surface area contributed by atoms with Crippen molar-refractivity contribution in [3.63, 3.8) is 0 Å². The van der Waals surface area contributed by atoms with Crippen LogP contribution in [0.5, 0.6) is 0 Å². The Balaban J connectivity index is 1.88. The van der Waals surface area contributed by atoms with Crippen LogP contribution in [0.15, 0.2) is 23.1 Å². The molecule has 1 N–H and O–H groups in total. The summed E-state index contributed by atoms with van der Waals surface area (Å²) in [7, 11) is 0. The summed E-state index contributed by atoms with van der Waals surface area (Å²) >= 11 is 0. The Bertz CT molecular complexity index is 756. The lowest BCUT2D eigenvalue weighted by Crippen LogP contribution is -2.19. The minimum absolute atomic E-state index is 0.138. The molecular weight excluding hydrogens is 297 g/mol. The van der Waals surface area contributed by atoms with Gasteiger partial charge in [0.25, 0.3) is 5.56 Å². The van der Waals surface area contributed by atoms with Gasteiger partial charge in [0, 0.05) is 12.3 Å². The maximum absolute atomic E-state index is 12.6. The molecule has 1 fully saturated rings. The fraction of sp³-hybridized carbons (Fsp3) is 0.357. The smallest absolute Gasteiger partial charge is 0.307 e. The van der Waals surface area contributed by atoms with Crippen molar-refractivity contribution < 1.29 is 13.2 Å². The molecule has 2 aromatic rings. The van der Waals surface area contributed by atoms with E-state index in [0.717, 1.165) is 25.0 Å². The van der Waals surface area contributed by atoms with Gasteiger partial charge in [0.15, 0.2) is 5.69 Å². The van der Waals surface area contributed by atoms with Gasteiger partial charge in [0.05, 0.1) is 11.7 Å². The van der Waals surface area contributed by atoms with E-state index in [-0.39, 0.29) is 5.82 Å². The van der Waals surface area contributed by atoms with Crippen molar-refractivity contribution in [2.24, 2.45) is 0 Å². The number of hydrogen-bond donors (Lipinski definition) is 1. The van der Waals surface area contributed by atoms with Crippen LogP contribution in [0, 0.1) is 0 Å². The van der Waals surface area contributed by atoms with Crippen LogP contribution in [0.25, 0.3) is 12.2 Å². The summed E-state index contributed by atoms with van der Waals surface area (Å²) < 4.78 is 39.7. The normalized spacial score (nSPS) is 16.1. The van der Waals surface area contributed by atoms with Crippen LogP contribution in [0.4, 0.5) is 13.2 Å². The lowest BCUT2D eigenvalue weighted by atomic mass is 9.93. The SMILES string of the molecule is O=c1cc(C(F)(F)F)nc(/C=C/c2ccnn2C2CCC2)[nH]1. The highest BCUT2D eigenvalue weighted by molar-refractivity contribution is 5.64. The molecule has 2 heterocycles. The molecule has 22 heavy (non-hydrogen) atoms. The van der Waals surface area contributed by atoms with E-state index in [0.29, 0.717) is 12.1 Å². The van der Waals surface area contributed by atoms with Gasteiger partial charge < -0.3 is 4.98 Å². The summed E-state index contributed by atoms with van der Waals surface area (Å²) in [5.74, 6) is -0.138. The molecule has 1 aliphatic rings. The van der Waals surface area contributed by atoms with Gasteiger partial charge in [0.1, 0.15) is 5.82 Å². The molecular formula is C14H13F3N4O. The summed E-state index contributed by atoms with van der Waals surface area (Å²) in [6.07, 6.45) is 3.18. The van der Waals surface area contributed by atoms with Gasteiger partial charge in [-0.3, -0.25) is 9.48 Å². The molecule has 0 aliphatic heterocycles. The molecule has 0 amide bonds. The fourth-order valence-electron chi connectivity index (χ4n) is 2.26. The zero-order valence-electron chi connectivity index (χ0n) is 11.5. The molecule has 0 atom stereocenters. The van der Waals surface area contributed by atoms with Crippen LogP contribution in [-0.4, -0.2) is 19.7 Å². The van der Waals surface area contributed by atoms with E-state index in [2.05, 4.69) is 15.1 Å². The zero-order chi connectivity index (χ0) is 15.7. The second-order valence-corrected chi connectivity index (χ2v) is 5.13. The summed E-state index contributed by atoms with van der Waals surface area (Å²) in [4.78, 5) is 17.0. The van der Waals surface area contributed by atoms with Gasteiger partial charge in [-0.2, -0.15) is 18.3 Å². The minimum atomic E-state index is -4.65. The van der Waals surface area contributed by atoms with Crippen molar-refractivity contribution in [3.05, 3.63) is 45.9 Å². The molecule has 0 radical (unpaired) electrons. The van der Waals surface area contributed by atoms with Gasteiger partial charge in [-0.15, -0.1) is 0 Å². The summed E-state index contributed by atoms with van der Waals surface area (Å²) in [6, 6.07) is 2.54. The first-order chi connectivity index (χ1) is 10.4. The number of halogens is 3. The Morgan fingerprint density at radius 3 is 2.73 bits per heavy atom. The summed E-state index contributed by atoms with van der Waals surface area (Å²) in [6.45, 7) is 0. The molecule has 0 unspecified atom stereocenters. The van der Waals surface area contributed by atoms with Crippen LogP contribution >= 0.6 is 0 Å². The van der Waals surface area contributed by atoms with Gasteiger partial charge in [-0.1, -0.05) is 0 Å². The lowest BCUT2D eigenvalue weighted by molar-refractivity contribution is -0.141. The Morgan fingerprint density at radius 2 is 2.09 bits per heavy atom. The molecule has 8 heteroatoms. The number of aromatic nitrogens is 4. The highest BCUT2D eigenvalue weighted by Gasteiger charge is 2.33. The van der Waals surface area contributed by atoms with Crippen LogP contribution in [0.3, 0.4) is 0 Å². The minimum Gasteiger partial charge on any atom is -0.307 e. The van der Waals surface area contributed by atoms with Crippen molar-refractivity contribution in [1.29, 1.82) is 0 Å². The van der Waals surface area contributed by atoms with Crippen LogP contribution in [0.1, 0.15) is 42.5 Å². The molecule has 0 aromatic carbocycles. The van der Waals surface area contributed by atoms with Gasteiger partial charge >= 0.3 is 6.18 Å². The van der Waals surface area contributed by atoms with E-state index in [4.69, 9.17) is 0 Å². The number of rotatable bonds is 3. The molecule has 1 saturated carbocycles. The second-order valence-electron chi connectivity index (χ2n) is 5.13. The van der Waals surface area contributed by atoms with Crippen LogP contribution < -0.4 is 5.56 Å². The average Bonchev–Trinajstić information content (AvgIpc) is 2.81. The third kappa shape index (κ3) is 2.95. The molecule has 1 aliphatic carbocycles. The predicted molar refractivity (Wildman–Crippen MR) is 73.9 cm³/mol. The molecule has 0 saturated heterocycles. The number of H-pyrrole nitrogens is 1. The van der Waals surface area contributed by atoms with E-state index < -0.39 is 17.4 Å². The van der Waals surface area contributed by atoms with E-state index >= 15 is 0 Å². The molecule has 3 rings (SSSR count). The Labute approximate surface area is 123 Å². The maximum Gasteiger partial charge on any atom is 0.433 e. The maximum atomic E-state index is 12.6. The van der Waals surface area contributed by atoms with Crippen LogP contribution in [-0.2, 0) is 6.18 Å². The monoisotopic (exact) mass is 310 g/mol. The van der Waals surface area contributed by atoms with Crippen molar-refractivity contribution in [1.82, 2.24) is 19.7 Å². The number of nitrogens with zero attached hydrogens (tertiary/aromatic N) is 3. The summed E-state index contributed by atoms with van der Waals surface area (Å²) in [5, 5.41) is 4.22. The Hall–Kier alpha value is -2.38. The third-order valence-corrected chi connectivity index (χ3v) is 3.58. The average molecular weight is 310 g/mol. The molecule has 0 bridgehead atoms. The Kier molecular flexibility index (Phi) is 3.59. The quantitative estimate of drug-likeness (QED) is 0.948. The van der Waals surface area contributed by atoms with E-state index in [1.165, 1.54) is 6.08 Å². The van der Waals surface area contributed by atoms with Gasteiger partial charge in [0.2, 0.25) is 0 Å². The molecule has 2 aromatic heterocycles. The topological polar surface area (TPSA) is 63.6 Å². The largest absolute Gasteiger partial charge is 0.433 e. The van der Waals surface area contributed by atoms with Crippen molar-refractivity contribution in [3.8, 4) is 0 Å². The first-order valence-electron chi connectivity index (χ1n) is 6.83. The Morgan fingerprint density at radius 1 is 1.32 bits per heavy atom. The fourth-order valence-corrected chi connectivity index (χ4v) is 2.26. The van der Waals surface area contributed by atoms with E-state index in [9.17, 15) is 18.0 Å². The molecule has 0 spiro atoms. The van der Waals surface area contributed by atoms with E-state index in [1.54, 1.807) is 18.3 Å². The van der Waals surface area contributed by atoms with Gasteiger partial charge in [-0.05, 0) is 37.5 Å². The van der Waals surface area contributed by atoms with Gasteiger partial charge in [-0.25, -0.2) is 4.98 Å². The molecule has 5 nitrogen and oxygen atoms in total. The van der Waals surface area contributed by atoms with E-state index in [1.807, 2.05) is 4.68 Å². The third-order valence-electron chi connectivity index (χ3n) is 3.58. The predicted octanol–water partition coefficient (Wildman–Crippen LogP) is 2.88. The van der Waals surface area contributed by atoms with Crippen LogP contribution in [0.2, 0.25) is 0 Å². The second kappa shape index (κ2) is 5.43. The first-order valence-corrected chi connectivity index (χ1v) is 6.83. The summed E-state index contributed by atoms with van der Waals surface area (Å²) in [5.41, 5.74) is -1.28. The van der Waals surface area contributed by atoms with Crippen molar-refractivity contribution >= 4 is 12.2 Å².